The fourth-order valence-electron chi connectivity index (χ4n) is 1.55. The largest absolute Gasteiger partial charge is 1.00 e. The van der Waals surface area contributed by atoms with Crippen molar-refractivity contribution >= 4 is 5.78 Å². The van der Waals surface area contributed by atoms with Gasteiger partial charge in [-0.2, -0.15) is 9.78 Å². The number of H-pyrrole nitrogens is 1. The number of aryl methyl sites for hydroxylation is 1. The van der Waals surface area contributed by atoms with E-state index in [9.17, 15) is 4.79 Å². The van der Waals surface area contributed by atoms with Crippen molar-refractivity contribution in [3.63, 3.8) is 0 Å². The first kappa shape index (κ1) is 14.4. The molecular formula is C11H14BrN5O. The van der Waals surface area contributed by atoms with E-state index in [0.717, 1.165) is 6.42 Å². The van der Waals surface area contributed by atoms with Gasteiger partial charge in [-0.15, -0.1) is 10.2 Å². The lowest BCUT2D eigenvalue weighted by molar-refractivity contribution is -0.684. The highest BCUT2D eigenvalue weighted by Gasteiger charge is 2.09. The molecule has 6 nitrogen and oxygen atoms in total. The number of hydrogen-bond acceptors (Lipinski definition) is 4. The fourth-order valence-corrected chi connectivity index (χ4v) is 1.55. The minimum absolute atomic E-state index is 0. The molecule has 2 rings (SSSR count). The average molecular weight is 312 g/mol. The maximum absolute atomic E-state index is 11.7. The summed E-state index contributed by atoms with van der Waals surface area (Å²) in [4.78, 5) is 11.7. The Balaban J connectivity index is 0.00000162. The minimum atomic E-state index is 0. The summed E-state index contributed by atoms with van der Waals surface area (Å²) in [5.74, 6) is 0.870. The zero-order valence-corrected chi connectivity index (χ0v) is 11.4. The number of tetrazole rings is 1. The molecule has 0 aliphatic heterocycles. The van der Waals surface area contributed by atoms with E-state index in [0.29, 0.717) is 25.2 Å². The van der Waals surface area contributed by atoms with Crippen LogP contribution in [-0.4, -0.2) is 26.4 Å². The topological polar surface area (TPSA) is 75.4 Å². The molecule has 2 aromatic heterocycles. The van der Waals surface area contributed by atoms with Crippen LogP contribution in [0.25, 0.3) is 0 Å². The van der Waals surface area contributed by atoms with E-state index in [1.165, 1.54) is 0 Å². The molecule has 0 atom stereocenters. The lowest BCUT2D eigenvalue weighted by atomic mass is 10.1. The van der Waals surface area contributed by atoms with Crippen molar-refractivity contribution in [1.29, 1.82) is 0 Å². The van der Waals surface area contributed by atoms with Crippen LogP contribution in [-0.2, 0) is 17.8 Å². The van der Waals surface area contributed by atoms with Gasteiger partial charge in [0.1, 0.15) is 0 Å². The van der Waals surface area contributed by atoms with Gasteiger partial charge in [-0.1, -0.05) is 11.3 Å². The molecule has 0 saturated carbocycles. The second kappa shape index (κ2) is 7.65. The lowest BCUT2D eigenvalue weighted by Crippen LogP contribution is -3.00. The number of hydrogen-bond donors (Lipinski definition) is 1. The predicted octanol–water partition coefficient (Wildman–Crippen LogP) is -2.92. The summed E-state index contributed by atoms with van der Waals surface area (Å²) in [6.45, 7) is 0.424. The molecule has 0 unspecified atom stereocenters. The fraction of sp³-hybridized carbons (Fsp3) is 0.364. The molecule has 0 fully saturated rings. The molecule has 0 radical (unpaired) electrons. The number of aromatic nitrogens is 5. The third-order valence-corrected chi connectivity index (χ3v) is 2.38. The Bertz CT molecular complexity index is 460. The van der Waals surface area contributed by atoms with Gasteiger partial charge in [0, 0.05) is 25.0 Å². The van der Waals surface area contributed by atoms with Gasteiger partial charge in [-0.25, -0.2) is 0 Å². The van der Waals surface area contributed by atoms with Crippen molar-refractivity contribution in [1.82, 2.24) is 20.6 Å². The zero-order chi connectivity index (χ0) is 11.9. The maximum atomic E-state index is 11.7. The van der Waals surface area contributed by atoms with Crippen molar-refractivity contribution in [3.05, 3.63) is 36.4 Å². The summed E-state index contributed by atoms with van der Waals surface area (Å²) < 4.78 is 1.87. The van der Waals surface area contributed by atoms with Gasteiger partial charge in [-0.05, 0) is 6.42 Å². The molecule has 0 saturated heterocycles. The standard InChI is InChI=1S/C11H14N5O.BrH/c17-10(9-16-7-2-1-3-8-16)5-4-6-11-12-14-15-13-11;/h1-3,7-8H,4-6,9H2,(H,12,13,14,15);1H/q+1;/p-1. The minimum Gasteiger partial charge on any atom is -1.00 e. The Morgan fingerprint density at radius 3 is 2.72 bits per heavy atom. The van der Waals surface area contributed by atoms with E-state index in [1.54, 1.807) is 0 Å². The molecule has 0 spiro atoms. The first-order valence-electron chi connectivity index (χ1n) is 5.53. The van der Waals surface area contributed by atoms with E-state index in [-0.39, 0.29) is 22.8 Å². The number of pyridine rings is 1. The van der Waals surface area contributed by atoms with Crippen LogP contribution in [0.4, 0.5) is 0 Å². The van der Waals surface area contributed by atoms with Crippen LogP contribution in [0, 0.1) is 0 Å². The highest BCUT2D eigenvalue weighted by Crippen LogP contribution is 1.98. The van der Waals surface area contributed by atoms with Crippen molar-refractivity contribution in [2.75, 3.05) is 0 Å². The average Bonchev–Trinajstić information content (AvgIpc) is 2.83. The first-order chi connectivity index (χ1) is 8.34. The number of carbonyl (C=O) groups is 1. The molecule has 0 bridgehead atoms. The van der Waals surface area contributed by atoms with Gasteiger partial charge in [0.2, 0.25) is 6.54 Å². The van der Waals surface area contributed by atoms with Crippen molar-refractivity contribution in [2.24, 2.45) is 0 Å². The van der Waals surface area contributed by atoms with Gasteiger partial charge >= 0.3 is 0 Å². The Kier molecular flexibility index (Phi) is 6.13. The number of rotatable bonds is 6. The number of nitrogens with zero attached hydrogens (tertiary/aromatic N) is 4. The molecule has 0 aliphatic carbocycles. The second-order valence-electron chi connectivity index (χ2n) is 3.77. The molecule has 96 valence electrons. The molecule has 0 amide bonds. The summed E-state index contributed by atoms with van der Waals surface area (Å²) in [7, 11) is 0. The quantitative estimate of drug-likeness (QED) is 0.580. The molecule has 18 heavy (non-hydrogen) atoms. The predicted molar refractivity (Wildman–Crippen MR) is 58.8 cm³/mol. The summed E-state index contributed by atoms with van der Waals surface area (Å²) in [6, 6.07) is 5.75. The summed E-state index contributed by atoms with van der Waals surface area (Å²) in [6.07, 6.45) is 5.75. The van der Waals surface area contributed by atoms with Crippen LogP contribution in [0.5, 0.6) is 0 Å². The Hall–Kier alpha value is -1.63. The second-order valence-corrected chi connectivity index (χ2v) is 3.77. The zero-order valence-electron chi connectivity index (χ0n) is 9.79. The van der Waals surface area contributed by atoms with Gasteiger partial charge in [0.15, 0.2) is 24.0 Å². The normalized spacial score (nSPS) is 9.78. The summed E-state index contributed by atoms with van der Waals surface area (Å²) in [5.41, 5.74) is 0. The molecule has 2 aromatic rings. The highest BCUT2D eigenvalue weighted by atomic mass is 79.9. The lowest BCUT2D eigenvalue weighted by Gasteiger charge is -1.96. The number of nitrogens with one attached hydrogen (secondary N) is 1. The van der Waals surface area contributed by atoms with E-state index >= 15 is 0 Å². The first-order valence-corrected chi connectivity index (χ1v) is 5.53. The molecule has 1 N–H and O–H groups in total. The van der Waals surface area contributed by atoms with Crippen molar-refractivity contribution in [2.45, 2.75) is 25.8 Å². The molecule has 7 heteroatoms. The summed E-state index contributed by atoms with van der Waals surface area (Å²) in [5, 5.41) is 13.5. The number of carbonyl (C=O) groups excluding carboxylic acids is 1. The van der Waals surface area contributed by atoms with Gasteiger partial charge < -0.3 is 17.0 Å². The number of aromatic amines is 1. The third kappa shape index (κ3) is 4.70. The number of Topliss-reactive ketones (excluding diaryl/α,β-unsaturated/α-hetero) is 1. The smallest absolute Gasteiger partial charge is 0.206 e. The van der Waals surface area contributed by atoms with Gasteiger partial charge in [-0.3, -0.25) is 4.79 Å². The molecule has 0 aromatic carbocycles. The Morgan fingerprint density at radius 2 is 2.06 bits per heavy atom. The van der Waals surface area contributed by atoms with Crippen molar-refractivity contribution in [3.8, 4) is 0 Å². The monoisotopic (exact) mass is 311 g/mol. The van der Waals surface area contributed by atoms with Gasteiger partial charge in [0.25, 0.3) is 0 Å². The van der Waals surface area contributed by atoms with Crippen LogP contribution in [0.2, 0.25) is 0 Å². The van der Waals surface area contributed by atoms with Crippen molar-refractivity contribution < 1.29 is 26.3 Å². The molecular weight excluding hydrogens is 298 g/mol. The van der Waals surface area contributed by atoms with Crippen LogP contribution < -0.4 is 21.5 Å². The van der Waals surface area contributed by atoms with Gasteiger partial charge in [0.05, 0.1) is 0 Å². The van der Waals surface area contributed by atoms with Crippen LogP contribution >= 0.6 is 0 Å². The third-order valence-electron chi connectivity index (χ3n) is 2.38. The maximum Gasteiger partial charge on any atom is 0.206 e. The summed E-state index contributed by atoms with van der Waals surface area (Å²) >= 11 is 0. The van der Waals surface area contributed by atoms with Crippen LogP contribution in [0.3, 0.4) is 0 Å². The number of halogens is 1. The van der Waals surface area contributed by atoms with E-state index in [1.807, 2.05) is 35.2 Å². The van der Waals surface area contributed by atoms with E-state index < -0.39 is 0 Å². The Morgan fingerprint density at radius 1 is 1.28 bits per heavy atom. The molecule has 0 aliphatic rings. The Labute approximate surface area is 115 Å². The van der Waals surface area contributed by atoms with Crippen LogP contribution in [0.1, 0.15) is 18.7 Å². The van der Waals surface area contributed by atoms with E-state index in [2.05, 4.69) is 20.6 Å². The number of ketones is 1. The molecule has 2 heterocycles. The van der Waals surface area contributed by atoms with E-state index in [4.69, 9.17) is 0 Å². The highest BCUT2D eigenvalue weighted by molar-refractivity contribution is 5.76. The SMILES string of the molecule is O=C(CCCc1nn[nH]n1)C[n+]1ccccc1.[Br-]. The van der Waals surface area contributed by atoms with Crippen LogP contribution in [0.15, 0.2) is 30.6 Å².